The quantitative estimate of drug-likeness (QED) is 0.0292. The number of rotatable bonds is 12. The van der Waals surface area contributed by atoms with Crippen molar-refractivity contribution in [1.29, 1.82) is 0 Å². The van der Waals surface area contributed by atoms with Gasteiger partial charge in [-0.15, -0.1) is 15.3 Å². The molecule has 8 aromatic rings. The van der Waals surface area contributed by atoms with E-state index in [2.05, 4.69) is 30.8 Å². The number of aliphatic imine (C=N–C) groups is 1. The number of phenols is 1. The van der Waals surface area contributed by atoms with Gasteiger partial charge in [-0.3, -0.25) is 18.9 Å². The molecule has 4 N–H and O–H groups in total. The normalized spacial score (nSPS) is 11.9. The van der Waals surface area contributed by atoms with Crippen molar-refractivity contribution < 1.29 is 55.5 Å². The number of hydrogen-bond acceptors (Lipinski definition) is 15. The van der Waals surface area contributed by atoms with Crippen molar-refractivity contribution in [3.8, 4) is 23.0 Å². The molecular weight excluding hydrogens is 1050 g/mol. The van der Waals surface area contributed by atoms with Gasteiger partial charge in [0.15, 0.2) is 5.75 Å². The molecule has 0 aromatic heterocycles. The number of hydrogen-bond donors (Lipinski definition) is 4. The zero-order valence-corrected chi connectivity index (χ0v) is 44.1. The largest absolute Gasteiger partial charge is 2.00 e. The summed E-state index contributed by atoms with van der Waals surface area (Å²) in [6.07, 6.45) is 0. The number of amides is 1. The fraction of sp³-hybridized carbons (Fsp3) is 0.0800. The van der Waals surface area contributed by atoms with Crippen LogP contribution in [0.3, 0.4) is 0 Å². The van der Waals surface area contributed by atoms with Gasteiger partial charge in [0.2, 0.25) is 0 Å². The molecule has 0 aliphatic carbocycles. The van der Waals surface area contributed by atoms with E-state index in [4.69, 9.17) is 32.7 Å². The maximum atomic E-state index is 13.4. The monoisotopic (exact) mass is 1090 g/mol. The number of azo groups is 2. The number of carbonyl (C=O) groups excluding carboxylic acids is 1. The minimum Gasteiger partial charge on any atom is -0.871 e. The average Bonchev–Trinajstić information content (AvgIpc) is 3.34. The van der Waals surface area contributed by atoms with Crippen LogP contribution in [0.1, 0.15) is 27.0 Å². The van der Waals surface area contributed by atoms with Crippen LogP contribution in [0.2, 0.25) is 10.0 Å². The number of carbonyl (C=O) groups is 1. The summed E-state index contributed by atoms with van der Waals surface area (Å²) < 4.78 is 75.9. The van der Waals surface area contributed by atoms with E-state index in [0.29, 0.717) is 49.9 Å². The van der Waals surface area contributed by atoms with Crippen LogP contribution in [0.15, 0.2) is 169 Å². The Balaban J connectivity index is 0.000000235. The van der Waals surface area contributed by atoms with Gasteiger partial charge in [0.25, 0.3) is 26.1 Å². The van der Waals surface area contributed by atoms with Gasteiger partial charge in [0.1, 0.15) is 44.0 Å². The molecule has 0 spiro atoms. The third-order valence-corrected chi connectivity index (χ3v) is 13.5. The number of methoxy groups -OCH3 is 2. The van der Waals surface area contributed by atoms with Crippen LogP contribution in [0, 0.1) is 13.8 Å². The van der Waals surface area contributed by atoms with E-state index in [1.165, 1.54) is 38.5 Å². The number of fused-ring (bicyclic) bond motifs is 2. The number of nitrogens with one attached hydrogen (secondary N) is 1. The molecule has 8 aromatic carbocycles. The molecule has 8 rings (SSSR count). The first-order valence-electron chi connectivity index (χ1n) is 20.9. The molecule has 18 nitrogen and oxygen atoms in total. The molecule has 0 aliphatic heterocycles. The number of aromatic hydroxyl groups is 1. The van der Waals surface area contributed by atoms with Gasteiger partial charge in [-0.05, 0) is 95.7 Å². The Morgan fingerprint density at radius 1 is 0.603 bits per heavy atom. The topological polar surface area (TPSA) is 284 Å². The van der Waals surface area contributed by atoms with E-state index < -0.39 is 53.3 Å². The van der Waals surface area contributed by atoms with Crippen LogP contribution in [0.4, 0.5) is 34.1 Å². The Morgan fingerprint density at radius 3 is 1.58 bits per heavy atom. The van der Waals surface area contributed by atoms with E-state index in [1.807, 2.05) is 0 Å². The van der Waals surface area contributed by atoms with E-state index >= 15 is 0 Å². The van der Waals surface area contributed by atoms with E-state index in [9.17, 15) is 46.1 Å². The maximum Gasteiger partial charge on any atom is 2.00 e. The average molecular weight is 1090 g/mol. The molecule has 0 bridgehead atoms. The number of anilines is 1. The second-order valence-corrected chi connectivity index (χ2v) is 18.9. The SMILES string of the molecule is COc1ccccc1N=C([O-])c1cc2ccccc2c(N=Nc2c(C)ccc(S(=O)(=O)O)c2Cl)c1[O-].COc1ccccc1NC(=O)c1cc2ccccc2c(N=Nc2c(C)ccc(S(=O)(=O)O)c2Cl)c1O.[Ca+2]. The molecule has 368 valence electrons. The molecule has 0 aliphatic rings. The molecule has 0 saturated heterocycles. The van der Waals surface area contributed by atoms with Crippen molar-refractivity contribution in [2.75, 3.05) is 19.5 Å². The molecule has 0 atom stereocenters. The summed E-state index contributed by atoms with van der Waals surface area (Å²) in [5.74, 6) is -1.76. The van der Waals surface area contributed by atoms with Crippen LogP contribution in [-0.2, 0) is 20.2 Å². The first-order valence-corrected chi connectivity index (χ1v) is 24.5. The summed E-state index contributed by atoms with van der Waals surface area (Å²) in [6.45, 7) is 3.24. The summed E-state index contributed by atoms with van der Waals surface area (Å²) >= 11 is 12.4. The number of para-hydroxylation sites is 4. The molecule has 0 heterocycles. The van der Waals surface area contributed by atoms with Crippen LogP contribution >= 0.6 is 23.2 Å². The van der Waals surface area contributed by atoms with Gasteiger partial charge in [0, 0.05) is 10.8 Å². The van der Waals surface area contributed by atoms with Gasteiger partial charge in [-0.25, -0.2) is 0 Å². The van der Waals surface area contributed by atoms with Gasteiger partial charge < -0.3 is 30.1 Å². The van der Waals surface area contributed by atoms with Crippen LogP contribution in [-0.4, -0.2) is 94.8 Å². The fourth-order valence-electron chi connectivity index (χ4n) is 7.12. The Hall–Kier alpha value is -6.72. The Bertz CT molecular complexity index is 3790. The van der Waals surface area contributed by atoms with Crippen molar-refractivity contribution in [3.63, 3.8) is 0 Å². The first-order chi connectivity index (χ1) is 34.2. The van der Waals surface area contributed by atoms with E-state index in [-0.39, 0.29) is 87.3 Å². The second kappa shape index (κ2) is 23.4. The molecule has 0 unspecified atom stereocenters. The zero-order valence-electron chi connectivity index (χ0n) is 38.7. The Morgan fingerprint density at radius 2 is 1.04 bits per heavy atom. The van der Waals surface area contributed by atoms with E-state index in [0.717, 1.165) is 12.1 Å². The number of halogens is 2. The number of benzene rings is 8. The molecule has 73 heavy (non-hydrogen) atoms. The van der Waals surface area contributed by atoms with Crippen LogP contribution in [0.25, 0.3) is 21.5 Å². The third kappa shape index (κ3) is 12.4. The molecule has 0 radical (unpaired) electrons. The third-order valence-electron chi connectivity index (χ3n) is 10.7. The minimum atomic E-state index is -4.61. The smallest absolute Gasteiger partial charge is 0.871 e. The predicted octanol–water partition coefficient (Wildman–Crippen LogP) is 11.0. The summed E-state index contributed by atoms with van der Waals surface area (Å²) in [7, 11) is -6.30. The van der Waals surface area contributed by atoms with Crippen molar-refractivity contribution in [1.82, 2.24) is 0 Å². The number of phenolic OH excluding ortho intramolecular Hbond substituents is 1. The van der Waals surface area contributed by atoms with Gasteiger partial charge in [-0.2, -0.15) is 21.9 Å². The molecule has 23 heteroatoms. The van der Waals surface area contributed by atoms with Crippen molar-refractivity contribution >= 4 is 149 Å². The van der Waals surface area contributed by atoms with Gasteiger partial charge in [-0.1, -0.05) is 114 Å². The number of aryl methyl sites for hydroxylation is 2. The number of ether oxygens (including phenoxy) is 2. The standard InChI is InChI=1S/2C25H20ClN3O6S.Ca/c2*1-14-11-12-20(36(32,33)34)21(26)22(14)28-29-23-16-8-4-3-7-15(16)13-17(24(23)30)25(31)27-18-9-5-6-10-19(18)35-2;/h2*3-13,30H,1-2H3,(H,27,31)(H,32,33,34);/q;;+2/p-2. The minimum absolute atomic E-state index is 0. The number of nitrogens with zero attached hydrogens (tertiary/aromatic N) is 5. The fourth-order valence-corrected chi connectivity index (χ4v) is 9.33. The van der Waals surface area contributed by atoms with Crippen molar-refractivity contribution in [3.05, 3.63) is 166 Å². The van der Waals surface area contributed by atoms with Gasteiger partial charge >= 0.3 is 37.7 Å². The summed E-state index contributed by atoms with van der Waals surface area (Å²) in [5, 5.41) is 57.8. The first kappa shape index (κ1) is 55.6. The zero-order chi connectivity index (χ0) is 52.1. The second-order valence-electron chi connectivity index (χ2n) is 15.3. The van der Waals surface area contributed by atoms with Crippen LogP contribution < -0.4 is 25.0 Å². The van der Waals surface area contributed by atoms with Crippen molar-refractivity contribution in [2.24, 2.45) is 25.4 Å². The summed E-state index contributed by atoms with van der Waals surface area (Å²) in [5.41, 5.74) is 1.05. The molecule has 0 saturated carbocycles. The van der Waals surface area contributed by atoms with Crippen molar-refractivity contribution in [2.45, 2.75) is 23.6 Å². The summed E-state index contributed by atoms with van der Waals surface area (Å²) in [6, 6.07) is 35.2. The van der Waals surface area contributed by atoms with E-state index in [1.54, 1.807) is 111 Å². The maximum absolute atomic E-state index is 13.4. The van der Waals surface area contributed by atoms with Gasteiger partial charge in [0.05, 0.1) is 41.2 Å². The molecule has 1 amide bonds. The summed E-state index contributed by atoms with van der Waals surface area (Å²) in [4.78, 5) is 16.1. The Kier molecular flexibility index (Phi) is 17.8. The van der Waals surface area contributed by atoms with Crippen LogP contribution in [0.5, 0.6) is 23.0 Å². The Labute approximate surface area is 457 Å². The molecule has 0 fully saturated rings. The molecular formula is C50H38CaCl2N6O12S2. The predicted molar refractivity (Wildman–Crippen MR) is 275 cm³/mol.